The fraction of sp³-hybridized carbons (Fsp3) is 0.250. The van der Waals surface area contributed by atoms with Gasteiger partial charge in [0.25, 0.3) is 5.91 Å². The van der Waals surface area contributed by atoms with Crippen molar-refractivity contribution in [3.05, 3.63) is 161 Å². The molecule has 3 atom stereocenters. The zero-order valence-electron chi connectivity index (χ0n) is 26.7. The van der Waals surface area contributed by atoms with Crippen molar-refractivity contribution < 1.29 is 19.4 Å². The summed E-state index contributed by atoms with van der Waals surface area (Å²) in [6, 6.07) is 39.8. The normalized spacial score (nSPS) is 17.8. The first kappa shape index (κ1) is 32.3. The van der Waals surface area contributed by atoms with Gasteiger partial charge in [0.1, 0.15) is 0 Å². The minimum absolute atomic E-state index is 0.00855. The summed E-state index contributed by atoms with van der Waals surface area (Å²) in [4.78, 5) is 19.4. The van der Waals surface area contributed by atoms with Gasteiger partial charge in [-0.2, -0.15) is 0 Å². The number of rotatable bonds is 12. The van der Waals surface area contributed by atoms with E-state index in [1.54, 1.807) is 0 Å². The van der Waals surface area contributed by atoms with Crippen molar-refractivity contribution in [3.8, 4) is 11.1 Å². The van der Waals surface area contributed by atoms with E-state index in [1.165, 1.54) is 0 Å². The summed E-state index contributed by atoms with van der Waals surface area (Å²) in [5.74, 6) is -0.0953. The summed E-state index contributed by atoms with van der Waals surface area (Å²) in [7, 11) is 2.12. The van der Waals surface area contributed by atoms with Gasteiger partial charge in [0.2, 0.25) is 0 Å². The largest absolute Gasteiger partial charge is 0.392 e. The maximum atomic E-state index is 12.6. The van der Waals surface area contributed by atoms with Crippen molar-refractivity contribution in [3.63, 3.8) is 0 Å². The molecule has 1 amide bonds. The number of hydrogen-bond donors (Lipinski definition) is 2. The predicted octanol–water partition coefficient (Wildman–Crippen LogP) is 6.89. The number of carbonyl (C=O) groups excluding carboxylic acids is 1. The number of benzene rings is 4. The minimum atomic E-state index is -0.547. The minimum Gasteiger partial charge on any atom is -0.392 e. The van der Waals surface area contributed by atoms with E-state index in [9.17, 15) is 9.90 Å². The Morgan fingerprint density at radius 3 is 2.36 bits per heavy atom. The number of aromatic nitrogens is 1. The van der Waals surface area contributed by atoms with E-state index in [1.807, 2.05) is 91.1 Å². The molecule has 47 heavy (non-hydrogen) atoms. The van der Waals surface area contributed by atoms with E-state index in [2.05, 4.69) is 58.6 Å². The third-order valence-electron chi connectivity index (χ3n) is 8.51. The lowest BCUT2D eigenvalue weighted by Crippen LogP contribution is -2.38. The second-order valence-corrected chi connectivity index (χ2v) is 12.1. The Kier molecular flexibility index (Phi) is 10.8. The summed E-state index contributed by atoms with van der Waals surface area (Å²) >= 11 is 0. The Hall–Kier alpha value is -4.66. The molecular formula is C40H41N3O4. The Morgan fingerprint density at radius 2 is 1.60 bits per heavy atom. The van der Waals surface area contributed by atoms with Crippen molar-refractivity contribution in [2.45, 2.75) is 44.5 Å². The Labute approximate surface area is 276 Å². The number of carbonyl (C=O) groups is 1. The van der Waals surface area contributed by atoms with E-state index < -0.39 is 6.29 Å². The predicted molar refractivity (Wildman–Crippen MR) is 183 cm³/mol. The second-order valence-electron chi connectivity index (χ2n) is 12.1. The van der Waals surface area contributed by atoms with Crippen LogP contribution >= 0.6 is 0 Å². The molecule has 1 saturated heterocycles. The van der Waals surface area contributed by atoms with E-state index in [0.717, 1.165) is 65.0 Å². The molecule has 2 heterocycles. The average molecular weight is 628 g/mol. The molecule has 1 aromatic heterocycles. The number of pyridine rings is 1. The highest BCUT2D eigenvalue weighted by atomic mass is 16.7. The van der Waals surface area contributed by atoms with Gasteiger partial charge in [0, 0.05) is 55.5 Å². The maximum absolute atomic E-state index is 12.6. The van der Waals surface area contributed by atoms with E-state index in [4.69, 9.17) is 9.47 Å². The van der Waals surface area contributed by atoms with Gasteiger partial charge < -0.3 is 24.8 Å². The molecule has 5 aromatic rings. The standard InChI is InChI=1S/C40H41N3O4/c1-43(22-20-36-15-5-6-21-41-36)27-37-25-38(31-18-16-29(28-44)17-19-31)47-40(46-37)35-14-8-13-34(24-35)33-12-7-9-30(23-33)26-42-39(45)32-10-3-2-4-11-32/h2-19,21,23-24,37-38,40,44H,20,22,25-28H2,1H3,(H,42,45)/t37-,38+,40+/m1/s1. The topological polar surface area (TPSA) is 83.9 Å². The Bertz CT molecular complexity index is 1730. The van der Waals surface area contributed by atoms with Crippen molar-refractivity contribution in [2.75, 3.05) is 20.1 Å². The lowest BCUT2D eigenvalue weighted by molar-refractivity contribution is -0.252. The second kappa shape index (κ2) is 15.8. The third kappa shape index (κ3) is 8.78. The molecule has 240 valence electrons. The van der Waals surface area contributed by atoms with Crippen LogP contribution < -0.4 is 5.32 Å². The number of nitrogens with zero attached hydrogens (tertiary/aromatic N) is 2. The van der Waals surface area contributed by atoms with Gasteiger partial charge in [-0.15, -0.1) is 0 Å². The van der Waals surface area contributed by atoms with Crippen LogP contribution in [0.1, 0.15) is 57.1 Å². The van der Waals surface area contributed by atoms with Crippen LogP contribution in [0.3, 0.4) is 0 Å². The SMILES string of the molecule is CN(CCc1ccccn1)C[C@H]1C[C@@H](c2ccc(CO)cc2)O[C@@H](c2cccc(-c3cccc(CNC(=O)c4ccccc4)c3)c2)O1. The molecule has 0 spiro atoms. The van der Waals surface area contributed by atoms with Gasteiger partial charge in [0.15, 0.2) is 6.29 Å². The monoisotopic (exact) mass is 627 g/mol. The highest BCUT2D eigenvalue weighted by molar-refractivity contribution is 5.94. The quantitative estimate of drug-likeness (QED) is 0.157. The Morgan fingerprint density at radius 1 is 0.830 bits per heavy atom. The molecule has 0 aliphatic carbocycles. The van der Waals surface area contributed by atoms with Crippen LogP contribution in [0.25, 0.3) is 11.1 Å². The molecule has 7 nitrogen and oxygen atoms in total. The molecule has 4 aromatic carbocycles. The van der Waals surface area contributed by atoms with Crippen molar-refractivity contribution >= 4 is 5.91 Å². The van der Waals surface area contributed by atoms with Gasteiger partial charge in [-0.05, 0) is 71.3 Å². The lowest BCUT2D eigenvalue weighted by Gasteiger charge is -2.38. The molecule has 0 bridgehead atoms. The zero-order valence-corrected chi connectivity index (χ0v) is 26.7. The van der Waals surface area contributed by atoms with Crippen LogP contribution in [-0.4, -0.2) is 47.1 Å². The molecule has 0 saturated carbocycles. The zero-order chi connectivity index (χ0) is 32.4. The van der Waals surface area contributed by atoms with Crippen LogP contribution in [-0.2, 0) is 29.0 Å². The molecule has 0 unspecified atom stereocenters. The molecule has 1 aliphatic rings. The molecule has 1 aliphatic heterocycles. The molecule has 1 fully saturated rings. The van der Waals surface area contributed by atoms with Gasteiger partial charge in [-0.1, -0.05) is 84.9 Å². The first-order chi connectivity index (χ1) is 23.0. The molecule has 2 N–H and O–H groups in total. The number of aliphatic hydroxyl groups is 1. The molecular weight excluding hydrogens is 586 g/mol. The number of nitrogens with one attached hydrogen (secondary N) is 1. The highest BCUT2D eigenvalue weighted by Gasteiger charge is 2.33. The van der Waals surface area contributed by atoms with Crippen LogP contribution in [0.15, 0.2) is 128 Å². The van der Waals surface area contributed by atoms with Crippen LogP contribution in [0.2, 0.25) is 0 Å². The van der Waals surface area contributed by atoms with Crippen LogP contribution in [0.4, 0.5) is 0 Å². The van der Waals surface area contributed by atoms with Gasteiger partial charge >= 0.3 is 0 Å². The summed E-state index contributed by atoms with van der Waals surface area (Å²) in [5, 5.41) is 12.6. The Balaban J connectivity index is 1.17. The average Bonchev–Trinajstić information content (AvgIpc) is 3.14. The molecule has 6 rings (SSSR count). The molecule has 0 radical (unpaired) electrons. The van der Waals surface area contributed by atoms with Gasteiger partial charge in [-0.3, -0.25) is 9.78 Å². The summed E-state index contributed by atoms with van der Waals surface area (Å²) in [6.45, 7) is 2.07. The number of likely N-dealkylation sites (N-methyl/N-ethyl adjacent to an activating group) is 1. The maximum Gasteiger partial charge on any atom is 0.251 e. The van der Waals surface area contributed by atoms with E-state index in [-0.39, 0.29) is 24.7 Å². The summed E-state index contributed by atoms with van der Waals surface area (Å²) < 4.78 is 13.3. The van der Waals surface area contributed by atoms with Crippen molar-refractivity contribution in [1.82, 2.24) is 15.2 Å². The lowest BCUT2D eigenvalue weighted by atomic mass is 9.98. The third-order valence-corrected chi connectivity index (χ3v) is 8.51. The summed E-state index contributed by atoms with van der Waals surface area (Å²) in [5.41, 5.74) is 7.72. The van der Waals surface area contributed by atoms with Crippen molar-refractivity contribution in [1.29, 1.82) is 0 Å². The van der Waals surface area contributed by atoms with Crippen LogP contribution in [0.5, 0.6) is 0 Å². The fourth-order valence-electron chi connectivity index (χ4n) is 5.92. The summed E-state index contributed by atoms with van der Waals surface area (Å²) in [6.07, 6.45) is 2.67. The van der Waals surface area contributed by atoms with E-state index >= 15 is 0 Å². The first-order valence-corrected chi connectivity index (χ1v) is 16.2. The number of ether oxygens (including phenoxy) is 2. The first-order valence-electron chi connectivity index (χ1n) is 16.2. The number of hydrogen-bond acceptors (Lipinski definition) is 6. The van der Waals surface area contributed by atoms with Gasteiger partial charge in [0.05, 0.1) is 18.8 Å². The van der Waals surface area contributed by atoms with Gasteiger partial charge in [-0.25, -0.2) is 0 Å². The van der Waals surface area contributed by atoms with E-state index in [0.29, 0.717) is 12.1 Å². The number of amides is 1. The molecule has 7 heteroatoms. The fourth-order valence-corrected chi connectivity index (χ4v) is 5.92. The number of aliphatic hydroxyl groups excluding tert-OH is 1. The highest BCUT2D eigenvalue weighted by Crippen LogP contribution is 2.39. The smallest absolute Gasteiger partial charge is 0.251 e. The van der Waals surface area contributed by atoms with Crippen molar-refractivity contribution in [2.24, 2.45) is 0 Å². The van der Waals surface area contributed by atoms with Crippen LogP contribution in [0, 0.1) is 0 Å².